The molecule has 1 rings (SSSR count). The average Bonchev–Trinajstić information content (AvgIpc) is 2.26. The molecule has 1 aromatic rings. The van der Waals surface area contributed by atoms with Gasteiger partial charge in [-0.05, 0) is 25.7 Å². The van der Waals surface area contributed by atoms with Crippen molar-refractivity contribution >= 4 is 23.1 Å². The fraction of sp³-hybridized carbons (Fsp3) is 0.636. The molecule has 6 nitrogen and oxygen atoms in total. The van der Waals surface area contributed by atoms with Crippen LogP contribution in [0.3, 0.4) is 0 Å². The van der Waals surface area contributed by atoms with Crippen molar-refractivity contribution in [3.8, 4) is 0 Å². The summed E-state index contributed by atoms with van der Waals surface area (Å²) in [5, 5.41) is 13.8. The van der Waals surface area contributed by atoms with E-state index in [0.717, 1.165) is 12.8 Å². The van der Waals surface area contributed by atoms with Crippen LogP contribution in [0.2, 0.25) is 5.15 Å². The van der Waals surface area contributed by atoms with Crippen LogP contribution >= 0.6 is 11.6 Å². The van der Waals surface area contributed by atoms with E-state index in [-0.39, 0.29) is 22.7 Å². The molecule has 18 heavy (non-hydrogen) atoms. The standard InChI is InChI=1S/C11H17ClN4O2/c1-7(2)4-5-8(3)15-11-9(16(17)18)10(12)13-6-14-11/h6-8H,4-5H2,1-3H3,(H,13,14,15). The molecule has 0 aliphatic rings. The minimum atomic E-state index is -0.570. The minimum Gasteiger partial charge on any atom is -0.362 e. The van der Waals surface area contributed by atoms with Crippen molar-refractivity contribution in [1.29, 1.82) is 0 Å². The summed E-state index contributed by atoms with van der Waals surface area (Å²) in [7, 11) is 0. The van der Waals surface area contributed by atoms with Gasteiger partial charge in [0.2, 0.25) is 11.0 Å². The van der Waals surface area contributed by atoms with E-state index in [1.807, 2.05) is 6.92 Å². The minimum absolute atomic E-state index is 0.0945. The SMILES string of the molecule is CC(C)CCC(C)Nc1ncnc(Cl)c1[N+](=O)[O-]. The van der Waals surface area contributed by atoms with Gasteiger partial charge in [-0.1, -0.05) is 25.4 Å². The summed E-state index contributed by atoms with van der Waals surface area (Å²) in [6.45, 7) is 6.23. The second kappa shape index (κ2) is 6.49. The molecule has 100 valence electrons. The first-order valence-corrected chi connectivity index (χ1v) is 6.21. The van der Waals surface area contributed by atoms with Gasteiger partial charge in [0.1, 0.15) is 6.33 Å². The lowest BCUT2D eigenvalue weighted by atomic mass is 10.0. The third-order valence-corrected chi connectivity index (χ3v) is 2.80. The molecule has 0 bridgehead atoms. The smallest absolute Gasteiger partial charge is 0.348 e. The van der Waals surface area contributed by atoms with Gasteiger partial charge in [0.25, 0.3) is 0 Å². The van der Waals surface area contributed by atoms with Gasteiger partial charge in [0.15, 0.2) is 0 Å². The van der Waals surface area contributed by atoms with Crippen molar-refractivity contribution in [1.82, 2.24) is 9.97 Å². The Balaban J connectivity index is 2.78. The summed E-state index contributed by atoms with van der Waals surface area (Å²) in [6, 6.07) is 0.0945. The molecule has 0 saturated heterocycles. The molecule has 0 saturated carbocycles. The molecule has 1 heterocycles. The van der Waals surface area contributed by atoms with Crippen LogP contribution in [-0.2, 0) is 0 Å². The quantitative estimate of drug-likeness (QED) is 0.488. The third kappa shape index (κ3) is 4.10. The van der Waals surface area contributed by atoms with Crippen LogP contribution in [0.25, 0.3) is 0 Å². The number of hydrogen-bond acceptors (Lipinski definition) is 5. The predicted octanol–water partition coefficient (Wildman–Crippen LogP) is 3.27. The van der Waals surface area contributed by atoms with Gasteiger partial charge in [0.05, 0.1) is 4.92 Å². The molecule has 0 fully saturated rings. The Bertz CT molecular complexity index is 426. The number of nitro groups is 1. The van der Waals surface area contributed by atoms with E-state index in [9.17, 15) is 10.1 Å². The lowest BCUT2D eigenvalue weighted by molar-refractivity contribution is -0.384. The topological polar surface area (TPSA) is 81.0 Å². The zero-order valence-electron chi connectivity index (χ0n) is 10.7. The van der Waals surface area contributed by atoms with Crippen molar-refractivity contribution in [2.75, 3.05) is 5.32 Å². The van der Waals surface area contributed by atoms with Crippen LogP contribution in [0, 0.1) is 16.0 Å². The lowest BCUT2D eigenvalue weighted by Crippen LogP contribution is -2.18. The Labute approximate surface area is 111 Å². The van der Waals surface area contributed by atoms with Crippen molar-refractivity contribution in [3.05, 3.63) is 21.6 Å². The number of anilines is 1. The summed E-state index contributed by atoms with van der Waals surface area (Å²) >= 11 is 5.70. The molecule has 1 atom stereocenters. The highest BCUT2D eigenvalue weighted by molar-refractivity contribution is 6.31. The first-order valence-electron chi connectivity index (χ1n) is 5.83. The van der Waals surface area contributed by atoms with Crippen LogP contribution in [-0.4, -0.2) is 20.9 Å². The maximum atomic E-state index is 10.9. The van der Waals surface area contributed by atoms with Gasteiger partial charge in [-0.25, -0.2) is 9.97 Å². The number of halogens is 1. The molecule has 1 N–H and O–H groups in total. The Hall–Kier alpha value is -1.43. The Morgan fingerprint density at radius 3 is 2.61 bits per heavy atom. The Kier molecular flexibility index (Phi) is 5.27. The fourth-order valence-electron chi connectivity index (χ4n) is 1.51. The van der Waals surface area contributed by atoms with Crippen molar-refractivity contribution in [2.45, 2.75) is 39.7 Å². The molecular formula is C11H17ClN4O2. The van der Waals surface area contributed by atoms with E-state index >= 15 is 0 Å². The molecular weight excluding hydrogens is 256 g/mol. The van der Waals surface area contributed by atoms with Crippen LogP contribution in [0.4, 0.5) is 11.5 Å². The van der Waals surface area contributed by atoms with E-state index in [2.05, 4.69) is 29.1 Å². The summed E-state index contributed by atoms with van der Waals surface area (Å²) in [6.07, 6.45) is 3.17. The number of nitrogens with one attached hydrogen (secondary N) is 1. The zero-order chi connectivity index (χ0) is 13.7. The molecule has 0 amide bonds. The first kappa shape index (κ1) is 14.6. The second-order valence-corrected chi connectivity index (χ2v) is 4.99. The van der Waals surface area contributed by atoms with Gasteiger partial charge >= 0.3 is 5.69 Å². The second-order valence-electron chi connectivity index (χ2n) is 4.64. The Morgan fingerprint density at radius 1 is 1.39 bits per heavy atom. The van der Waals surface area contributed by atoms with E-state index in [0.29, 0.717) is 5.92 Å². The van der Waals surface area contributed by atoms with Gasteiger partial charge in [-0.2, -0.15) is 0 Å². The van der Waals surface area contributed by atoms with Gasteiger partial charge in [-0.15, -0.1) is 0 Å². The largest absolute Gasteiger partial charge is 0.362 e. The van der Waals surface area contributed by atoms with Gasteiger partial charge < -0.3 is 5.32 Å². The van der Waals surface area contributed by atoms with Gasteiger partial charge in [-0.3, -0.25) is 10.1 Å². The lowest BCUT2D eigenvalue weighted by Gasteiger charge is -2.15. The van der Waals surface area contributed by atoms with Crippen LogP contribution < -0.4 is 5.32 Å². The van der Waals surface area contributed by atoms with Crippen molar-refractivity contribution in [3.63, 3.8) is 0 Å². The summed E-state index contributed by atoms with van der Waals surface area (Å²) in [4.78, 5) is 17.8. The summed E-state index contributed by atoms with van der Waals surface area (Å²) in [5.74, 6) is 0.773. The molecule has 0 radical (unpaired) electrons. The predicted molar refractivity (Wildman–Crippen MR) is 70.9 cm³/mol. The molecule has 1 unspecified atom stereocenters. The third-order valence-electron chi connectivity index (χ3n) is 2.52. The Morgan fingerprint density at radius 2 is 2.06 bits per heavy atom. The molecule has 0 spiro atoms. The number of nitrogens with zero attached hydrogens (tertiary/aromatic N) is 3. The summed E-state index contributed by atoms with van der Waals surface area (Å²) in [5.41, 5.74) is -0.268. The molecule has 0 aliphatic carbocycles. The van der Waals surface area contributed by atoms with E-state index in [1.165, 1.54) is 6.33 Å². The van der Waals surface area contributed by atoms with E-state index in [1.54, 1.807) is 0 Å². The number of hydrogen-bond donors (Lipinski definition) is 1. The normalized spacial score (nSPS) is 12.5. The highest BCUT2D eigenvalue weighted by Crippen LogP contribution is 2.29. The average molecular weight is 273 g/mol. The molecule has 7 heteroatoms. The fourth-order valence-corrected chi connectivity index (χ4v) is 1.72. The van der Waals surface area contributed by atoms with Crippen LogP contribution in [0.15, 0.2) is 6.33 Å². The summed E-state index contributed by atoms with van der Waals surface area (Å²) < 4.78 is 0. The molecule has 0 aliphatic heterocycles. The number of rotatable bonds is 6. The van der Waals surface area contributed by atoms with Crippen molar-refractivity contribution < 1.29 is 4.92 Å². The van der Waals surface area contributed by atoms with Crippen LogP contribution in [0.5, 0.6) is 0 Å². The van der Waals surface area contributed by atoms with Gasteiger partial charge in [0, 0.05) is 6.04 Å². The monoisotopic (exact) mass is 272 g/mol. The highest BCUT2D eigenvalue weighted by Gasteiger charge is 2.22. The number of aromatic nitrogens is 2. The van der Waals surface area contributed by atoms with Crippen molar-refractivity contribution in [2.24, 2.45) is 5.92 Å². The zero-order valence-corrected chi connectivity index (χ0v) is 11.4. The van der Waals surface area contributed by atoms with E-state index < -0.39 is 4.92 Å². The maximum Gasteiger partial charge on any atom is 0.348 e. The molecule has 0 aromatic carbocycles. The van der Waals surface area contributed by atoms with Crippen LogP contribution in [0.1, 0.15) is 33.6 Å². The van der Waals surface area contributed by atoms with E-state index in [4.69, 9.17) is 11.6 Å². The highest BCUT2D eigenvalue weighted by atomic mass is 35.5. The first-order chi connectivity index (χ1) is 8.41. The molecule has 1 aromatic heterocycles. The maximum absolute atomic E-state index is 10.9.